The number of rotatable bonds is 3. The maximum absolute atomic E-state index is 10.8. The molecular weight excluding hydrogens is 242 g/mol. The molecular formula is C14H15N3O2. The molecule has 0 unspecified atom stereocenters. The standard InChI is InChI=1S/C14H15N3O2/c1-10-3-5-12(6-4-10)16(2)13-7-11(15)8-14(9-13)17(18)19/h3-9H,15H2,1-2H3. The molecule has 0 bridgehead atoms. The van der Waals surface area contributed by atoms with Crippen molar-refractivity contribution >= 4 is 22.7 Å². The van der Waals surface area contributed by atoms with E-state index in [4.69, 9.17) is 5.73 Å². The lowest BCUT2D eigenvalue weighted by Gasteiger charge is -2.19. The van der Waals surface area contributed by atoms with Crippen LogP contribution in [0.25, 0.3) is 0 Å². The van der Waals surface area contributed by atoms with Crippen LogP contribution in [0.2, 0.25) is 0 Å². The van der Waals surface area contributed by atoms with Gasteiger partial charge in [-0.25, -0.2) is 0 Å². The van der Waals surface area contributed by atoms with Gasteiger partial charge in [-0.3, -0.25) is 10.1 Å². The van der Waals surface area contributed by atoms with Crippen LogP contribution in [0, 0.1) is 17.0 Å². The Balaban J connectivity index is 2.40. The van der Waals surface area contributed by atoms with E-state index < -0.39 is 4.92 Å². The molecule has 0 fully saturated rings. The lowest BCUT2D eigenvalue weighted by molar-refractivity contribution is -0.384. The monoisotopic (exact) mass is 257 g/mol. The second-order valence-corrected chi connectivity index (χ2v) is 4.43. The van der Waals surface area contributed by atoms with Gasteiger partial charge in [0.2, 0.25) is 0 Å². The SMILES string of the molecule is Cc1ccc(N(C)c2cc(N)cc([N+](=O)[O-])c2)cc1. The van der Waals surface area contributed by atoms with Crippen molar-refractivity contribution < 1.29 is 4.92 Å². The van der Waals surface area contributed by atoms with Crippen molar-refractivity contribution in [2.45, 2.75) is 6.92 Å². The fourth-order valence-electron chi connectivity index (χ4n) is 1.83. The summed E-state index contributed by atoms with van der Waals surface area (Å²) in [5, 5.41) is 10.8. The zero-order valence-electron chi connectivity index (χ0n) is 10.8. The van der Waals surface area contributed by atoms with E-state index in [1.807, 2.05) is 43.1 Å². The minimum absolute atomic E-state index is 0.00559. The number of hydrogen-bond donors (Lipinski definition) is 1. The molecule has 2 aromatic rings. The van der Waals surface area contributed by atoms with Crippen LogP contribution in [0.15, 0.2) is 42.5 Å². The molecule has 0 atom stereocenters. The second kappa shape index (κ2) is 4.97. The Morgan fingerprint density at radius 1 is 1.11 bits per heavy atom. The van der Waals surface area contributed by atoms with Crippen molar-refractivity contribution in [3.8, 4) is 0 Å². The van der Waals surface area contributed by atoms with Gasteiger partial charge >= 0.3 is 0 Å². The molecule has 0 aromatic heterocycles. The first-order valence-corrected chi connectivity index (χ1v) is 5.83. The minimum Gasteiger partial charge on any atom is -0.398 e. The highest BCUT2D eigenvalue weighted by Crippen LogP contribution is 2.29. The highest BCUT2D eigenvalue weighted by molar-refractivity contribution is 5.69. The number of hydrogen-bond acceptors (Lipinski definition) is 4. The highest BCUT2D eigenvalue weighted by atomic mass is 16.6. The van der Waals surface area contributed by atoms with Crippen LogP contribution in [-0.2, 0) is 0 Å². The van der Waals surface area contributed by atoms with E-state index in [0.29, 0.717) is 11.4 Å². The summed E-state index contributed by atoms with van der Waals surface area (Å²) in [7, 11) is 1.85. The molecule has 0 spiro atoms. The van der Waals surface area contributed by atoms with Crippen LogP contribution in [0.1, 0.15) is 5.56 Å². The number of nitrogen functional groups attached to an aromatic ring is 1. The number of benzene rings is 2. The summed E-state index contributed by atoms with van der Waals surface area (Å²) >= 11 is 0. The van der Waals surface area contributed by atoms with Gasteiger partial charge in [0.1, 0.15) is 0 Å². The lowest BCUT2D eigenvalue weighted by atomic mass is 10.2. The molecule has 0 aliphatic carbocycles. The number of non-ortho nitro benzene ring substituents is 1. The first-order valence-electron chi connectivity index (χ1n) is 5.83. The van der Waals surface area contributed by atoms with E-state index in [1.165, 1.54) is 12.1 Å². The first-order chi connectivity index (χ1) is 8.97. The third-order valence-electron chi connectivity index (χ3n) is 2.94. The molecule has 0 amide bonds. The normalized spacial score (nSPS) is 10.2. The van der Waals surface area contributed by atoms with E-state index in [2.05, 4.69) is 0 Å². The van der Waals surface area contributed by atoms with Gasteiger partial charge in [0.05, 0.1) is 4.92 Å². The number of nitrogens with two attached hydrogens (primary N) is 1. The molecule has 0 saturated heterocycles. The molecule has 0 aliphatic heterocycles. The molecule has 2 N–H and O–H groups in total. The fraction of sp³-hybridized carbons (Fsp3) is 0.143. The average Bonchev–Trinajstić information content (AvgIpc) is 2.38. The quantitative estimate of drug-likeness (QED) is 0.520. The predicted octanol–water partition coefficient (Wildman–Crippen LogP) is 3.25. The molecule has 2 aromatic carbocycles. The summed E-state index contributed by atoms with van der Waals surface area (Å²) in [5.74, 6) is 0. The van der Waals surface area contributed by atoms with E-state index in [9.17, 15) is 10.1 Å². The third-order valence-corrected chi connectivity index (χ3v) is 2.94. The Bertz CT molecular complexity index is 609. The van der Waals surface area contributed by atoms with E-state index in [1.54, 1.807) is 6.07 Å². The minimum atomic E-state index is -0.442. The number of nitro groups is 1. The van der Waals surface area contributed by atoms with Crippen molar-refractivity contribution in [2.75, 3.05) is 17.7 Å². The molecule has 98 valence electrons. The van der Waals surface area contributed by atoms with Crippen LogP contribution in [0.5, 0.6) is 0 Å². The van der Waals surface area contributed by atoms with E-state index >= 15 is 0 Å². The van der Waals surface area contributed by atoms with Gasteiger partial charge in [-0.2, -0.15) is 0 Å². The maximum Gasteiger partial charge on any atom is 0.273 e. The number of aryl methyl sites for hydroxylation is 1. The van der Waals surface area contributed by atoms with Crippen LogP contribution in [0.3, 0.4) is 0 Å². The van der Waals surface area contributed by atoms with Crippen LogP contribution >= 0.6 is 0 Å². The van der Waals surface area contributed by atoms with Gasteiger partial charge in [-0.05, 0) is 25.1 Å². The molecule has 19 heavy (non-hydrogen) atoms. The van der Waals surface area contributed by atoms with E-state index in [0.717, 1.165) is 11.3 Å². The highest BCUT2D eigenvalue weighted by Gasteiger charge is 2.12. The number of nitrogens with zero attached hydrogens (tertiary/aromatic N) is 2. The van der Waals surface area contributed by atoms with Crippen LogP contribution in [-0.4, -0.2) is 12.0 Å². The van der Waals surface area contributed by atoms with Gasteiger partial charge in [-0.15, -0.1) is 0 Å². The lowest BCUT2D eigenvalue weighted by Crippen LogP contribution is -2.10. The van der Waals surface area contributed by atoms with Gasteiger partial charge in [-0.1, -0.05) is 17.7 Å². The Morgan fingerprint density at radius 3 is 2.32 bits per heavy atom. The Hall–Kier alpha value is -2.56. The van der Waals surface area contributed by atoms with Gasteiger partial charge < -0.3 is 10.6 Å². The molecule has 0 radical (unpaired) electrons. The summed E-state index contributed by atoms with van der Waals surface area (Å²) in [6.07, 6.45) is 0. The Morgan fingerprint density at radius 2 is 1.74 bits per heavy atom. The summed E-state index contributed by atoms with van der Waals surface area (Å²) < 4.78 is 0. The molecule has 2 rings (SSSR count). The van der Waals surface area contributed by atoms with Crippen molar-refractivity contribution in [1.82, 2.24) is 0 Å². The van der Waals surface area contributed by atoms with Crippen molar-refractivity contribution in [3.63, 3.8) is 0 Å². The maximum atomic E-state index is 10.8. The smallest absolute Gasteiger partial charge is 0.273 e. The number of nitro benzene ring substituents is 1. The average molecular weight is 257 g/mol. The fourth-order valence-corrected chi connectivity index (χ4v) is 1.83. The third kappa shape index (κ3) is 2.82. The summed E-state index contributed by atoms with van der Waals surface area (Å²) in [4.78, 5) is 12.3. The summed E-state index contributed by atoms with van der Waals surface area (Å²) in [6.45, 7) is 2.01. The first kappa shape index (κ1) is 12.9. The van der Waals surface area contributed by atoms with Crippen molar-refractivity contribution in [2.24, 2.45) is 0 Å². The topological polar surface area (TPSA) is 72.4 Å². The van der Waals surface area contributed by atoms with Crippen LogP contribution < -0.4 is 10.6 Å². The van der Waals surface area contributed by atoms with Gasteiger partial charge in [0.15, 0.2) is 0 Å². The van der Waals surface area contributed by atoms with Gasteiger partial charge in [0, 0.05) is 36.2 Å². The molecule has 5 nitrogen and oxygen atoms in total. The van der Waals surface area contributed by atoms with Crippen molar-refractivity contribution in [1.29, 1.82) is 0 Å². The molecule has 0 aliphatic rings. The zero-order valence-corrected chi connectivity index (χ0v) is 10.8. The van der Waals surface area contributed by atoms with Crippen LogP contribution in [0.4, 0.5) is 22.7 Å². The largest absolute Gasteiger partial charge is 0.398 e. The molecule has 5 heteroatoms. The zero-order chi connectivity index (χ0) is 14.0. The Kier molecular flexibility index (Phi) is 3.37. The molecule has 0 heterocycles. The van der Waals surface area contributed by atoms with Crippen molar-refractivity contribution in [3.05, 3.63) is 58.1 Å². The summed E-state index contributed by atoms with van der Waals surface area (Å²) in [5.41, 5.74) is 8.88. The van der Waals surface area contributed by atoms with Gasteiger partial charge in [0.25, 0.3) is 5.69 Å². The predicted molar refractivity (Wildman–Crippen MR) is 76.8 cm³/mol. The number of anilines is 3. The summed E-state index contributed by atoms with van der Waals surface area (Å²) in [6, 6.07) is 12.5. The van der Waals surface area contributed by atoms with E-state index in [-0.39, 0.29) is 5.69 Å². The molecule has 0 saturated carbocycles. The Labute approximate surface area is 111 Å². The second-order valence-electron chi connectivity index (χ2n) is 4.43.